The van der Waals surface area contributed by atoms with Gasteiger partial charge in [-0.05, 0) is 37.5 Å². The van der Waals surface area contributed by atoms with Crippen molar-refractivity contribution < 1.29 is 13.2 Å². The van der Waals surface area contributed by atoms with Gasteiger partial charge in [0.1, 0.15) is 6.04 Å². The molecule has 1 aromatic carbocycles. The molecule has 2 aliphatic rings. The number of thiazole rings is 1. The first-order chi connectivity index (χ1) is 11.0. The highest BCUT2D eigenvalue weighted by Crippen LogP contribution is 2.33. The van der Waals surface area contributed by atoms with Crippen molar-refractivity contribution in [3.63, 3.8) is 0 Å². The number of piperidine rings is 1. The third-order valence-electron chi connectivity index (χ3n) is 4.46. The maximum Gasteiger partial charge on any atom is 0.305 e. The Morgan fingerprint density at radius 2 is 2.04 bits per heavy atom. The zero-order valence-electron chi connectivity index (χ0n) is 12.1. The number of amides is 1. The van der Waals surface area contributed by atoms with Crippen LogP contribution in [0.2, 0.25) is 0 Å². The number of fused-ring (bicyclic) bond motifs is 3. The normalized spacial score (nSPS) is 25.5. The van der Waals surface area contributed by atoms with Gasteiger partial charge in [0.15, 0.2) is 0 Å². The fraction of sp³-hybridized carbons (Fsp3) is 0.429. The molecule has 9 heteroatoms. The quantitative estimate of drug-likeness (QED) is 0.827. The minimum atomic E-state index is -3.77. The van der Waals surface area contributed by atoms with Crippen molar-refractivity contribution in [1.29, 1.82) is 0 Å². The maximum atomic E-state index is 13.1. The topological polar surface area (TPSA) is 99.3 Å². The van der Waals surface area contributed by atoms with Crippen LogP contribution in [0.4, 0.5) is 0 Å². The molecule has 2 fully saturated rings. The van der Waals surface area contributed by atoms with Gasteiger partial charge in [0.25, 0.3) is 0 Å². The third kappa shape index (κ3) is 2.30. The summed E-state index contributed by atoms with van der Waals surface area (Å²) in [6.07, 6.45) is 2.14. The van der Waals surface area contributed by atoms with Crippen molar-refractivity contribution >= 4 is 37.5 Å². The number of piperazine rings is 1. The molecule has 1 aromatic heterocycles. The second kappa shape index (κ2) is 5.15. The Hall–Kier alpha value is -1.71. The van der Waals surface area contributed by atoms with E-state index in [0.717, 1.165) is 24.2 Å². The van der Waals surface area contributed by atoms with Crippen LogP contribution in [0.5, 0.6) is 0 Å². The zero-order chi connectivity index (χ0) is 16.2. The van der Waals surface area contributed by atoms with E-state index in [9.17, 15) is 18.0 Å². The van der Waals surface area contributed by atoms with Crippen molar-refractivity contribution in [3.05, 3.63) is 27.9 Å². The van der Waals surface area contributed by atoms with E-state index < -0.39 is 16.1 Å². The Morgan fingerprint density at radius 3 is 2.87 bits per heavy atom. The monoisotopic (exact) mass is 353 g/mol. The molecule has 7 nitrogen and oxygen atoms in total. The van der Waals surface area contributed by atoms with Gasteiger partial charge in [-0.2, -0.15) is 4.31 Å². The molecule has 0 radical (unpaired) electrons. The van der Waals surface area contributed by atoms with E-state index in [1.165, 1.54) is 16.4 Å². The molecule has 23 heavy (non-hydrogen) atoms. The van der Waals surface area contributed by atoms with Crippen molar-refractivity contribution in [2.45, 2.75) is 36.2 Å². The van der Waals surface area contributed by atoms with Crippen LogP contribution in [0.15, 0.2) is 27.9 Å². The molecule has 2 aliphatic heterocycles. The fourth-order valence-corrected chi connectivity index (χ4v) is 6.11. The molecule has 2 atom stereocenters. The van der Waals surface area contributed by atoms with Crippen molar-refractivity contribution in [1.82, 2.24) is 14.6 Å². The molecule has 4 rings (SSSR count). The van der Waals surface area contributed by atoms with Gasteiger partial charge in [-0.25, -0.2) is 8.42 Å². The highest BCUT2D eigenvalue weighted by molar-refractivity contribution is 7.89. The third-order valence-corrected chi connectivity index (χ3v) is 7.27. The lowest BCUT2D eigenvalue weighted by Gasteiger charge is -2.43. The van der Waals surface area contributed by atoms with Gasteiger partial charge in [-0.15, -0.1) is 0 Å². The number of carbonyl (C=O) groups excluding carboxylic acids is 1. The number of sulfonamides is 1. The van der Waals surface area contributed by atoms with Crippen molar-refractivity contribution in [2.75, 3.05) is 6.54 Å². The molecule has 3 heterocycles. The van der Waals surface area contributed by atoms with Gasteiger partial charge in [-0.3, -0.25) is 9.59 Å². The number of nitrogens with zero attached hydrogens (tertiary/aromatic N) is 1. The number of carbonyl (C=O) groups is 1. The molecular weight excluding hydrogens is 338 g/mol. The van der Waals surface area contributed by atoms with Crippen LogP contribution in [0.3, 0.4) is 0 Å². The minimum Gasteiger partial charge on any atom is -0.353 e. The molecule has 0 saturated carbocycles. The second-order valence-electron chi connectivity index (χ2n) is 5.85. The molecule has 0 spiro atoms. The Kier molecular flexibility index (Phi) is 3.33. The predicted molar refractivity (Wildman–Crippen MR) is 85.9 cm³/mol. The van der Waals surface area contributed by atoms with E-state index in [1.807, 2.05) is 0 Å². The lowest BCUT2D eigenvalue weighted by molar-refractivity contribution is -0.129. The Balaban J connectivity index is 1.81. The van der Waals surface area contributed by atoms with Gasteiger partial charge in [0.2, 0.25) is 15.9 Å². The minimum absolute atomic E-state index is 0.131. The maximum absolute atomic E-state index is 13.1. The van der Waals surface area contributed by atoms with E-state index in [1.54, 1.807) is 6.07 Å². The summed E-state index contributed by atoms with van der Waals surface area (Å²) < 4.78 is 28.1. The summed E-state index contributed by atoms with van der Waals surface area (Å²) in [5.41, 5.74) is 0.621. The Labute approximate surface area is 136 Å². The Morgan fingerprint density at radius 1 is 1.22 bits per heavy atom. The summed E-state index contributed by atoms with van der Waals surface area (Å²) in [5.74, 6) is -0.225. The van der Waals surface area contributed by atoms with Crippen LogP contribution < -0.4 is 10.2 Å². The van der Waals surface area contributed by atoms with Gasteiger partial charge < -0.3 is 10.3 Å². The van der Waals surface area contributed by atoms with Gasteiger partial charge in [-0.1, -0.05) is 11.3 Å². The summed E-state index contributed by atoms with van der Waals surface area (Å²) in [7, 11) is -3.77. The summed E-state index contributed by atoms with van der Waals surface area (Å²) in [6, 6.07) is 3.77. The van der Waals surface area contributed by atoms with Crippen LogP contribution in [0.1, 0.15) is 19.3 Å². The van der Waals surface area contributed by atoms with Crippen molar-refractivity contribution in [3.8, 4) is 0 Å². The van der Waals surface area contributed by atoms with Crippen molar-refractivity contribution in [2.24, 2.45) is 0 Å². The largest absolute Gasteiger partial charge is 0.353 e. The van der Waals surface area contributed by atoms with E-state index in [2.05, 4.69) is 10.3 Å². The second-order valence-corrected chi connectivity index (χ2v) is 8.71. The molecular formula is C14H15N3O4S2. The smallest absolute Gasteiger partial charge is 0.305 e. The SMILES string of the molecule is O=C1NC[C@H]2CCC[C@@H]1N2S(=O)(=O)c1ccc2[nH]c(=O)sc2c1. The van der Waals surface area contributed by atoms with E-state index in [4.69, 9.17) is 0 Å². The number of hydrogen-bond donors (Lipinski definition) is 2. The summed E-state index contributed by atoms with van der Waals surface area (Å²) in [6.45, 7) is 0.355. The lowest BCUT2D eigenvalue weighted by Crippen LogP contribution is -2.63. The predicted octanol–water partition coefficient (Wildman–Crippen LogP) is 0.631. The van der Waals surface area contributed by atoms with E-state index >= 15 is 0 Å². The first-order valence-electron chi connectivity index (χ1n) is 7.41. The molecule has 2 N–H and O–H groups in total. The van der Waals surface area contributed by atoms with Gasteiger partial charge in [0.05, 0.1) is 15.1 Å². The lowest BCUT2D eigenvalue weighted by atomic mass is 9.95. The molecule has 2 bridgehead atoms. The van der Waals surface area contributed by atoms with E-state index in [0.29, 0.717) is 23.2 Å². The number of aromatic amines is 1. The number of rotatable bonds is 2. The van der Waals surface area contributed by atoms with Crippen LogP contribution >= 0.6 is 11.3 Å². The molecule has 2 saturated heterocycles. The highest BCUT2D eigenvalue weighted by atomic mass is 32.2. The van der Waals surface area contributed by atoms with Gasteiger partial charge in [0, 0.05) is 12.6 Å². The summed E-state index contributed by atoms with van der Waals surface area (Å²) >= 11 is 0.978. The van der Waals surface area contributed by atoms with Crippen LogP contribution in [-0.4, -0.2) is 42.2 Å². The number of nitrogens with one attached hydrogen (secondary N) is 2. The standard InChI is InChI=1S/C14H15N3O4S2/c18-13-11-3-1-2-8(7-15-13)17(11)23(20,21)9-4-5-10-12(6-9)22-14(19)16-10/h4-6,8,11H,1-3,7H2,(H,15,18)(H,16,19)/t8-,11+/m1/s1. The summed E-state index contributed by atoms with van der Waals surface area (Å²) in [4.78, 5) is 26.0. The fourth-order valence-electron chi connectivity index (χ4n) is 3.40. The van der Waals surface area contributed by atoms with Gasteiger partial charge >= 0.3 is 4.87 Å². The Bertz CT molecular complexity index is 946. The zero-order valence-corrected chi connectivity index (χ0v) is 13.7. The first-order valence-corrected chi connectivity index (χ1v) is 9.66. The molecule has 0 aliphatic carbocycles. The summed E-state index contributed by atoms with van der Waals surface area (Å²) in [5, 5.41) is 2.78. The van der Waals surface area contributed by atoms with Crippen LogP contribution in [-0.2, 0) is 14.8 Å². The number of aromatic nitrogens is 1. The molecule has 1 amide bonds. The van der Waals surface area contributed by atoms with E-state index in [-0.39, 0.29) is 21.7 Å². The average Bonchev–Trinajstić information content (AvgIpc) is 2.90. The van der Waals surface area contributed by atoms with Crippen LogP contribution in [0, 0.1) is 0 Å². The molecule has 0 unspecified atom stereocenters. The average molecular weight is 353 g/mol. The number of H-pyrrole nitrogens is 1. The van der Waals surface area contributed by atoms with Crippen LogP contribution in [0.25, 0.3) is 10.2 Å². The highest BCUT2D eigenvalue weighted by Gasteiger charge is 2.46. The number of hydrogen-bond acceptors (Lipinski definition) is 5. The first kappa shape index (κ1) is 14.9. The number of benzene rings is 1. The molecule has 122 valence electrons. The molecule has 2 aromatic rings.